The van der Waals surface area contributed by atoms with Crippen LogP contribution in [0.5, 0.6) is 0 Å². The summed E-state index contributed by atoms with van der Waals surface area (Å²) >= 11 is 9.69. The molecule has 10 heteroatoms. The highest BCUT2D eigenvalue weighted by Gasteiger charge is 2.35. The summed E-state index contributed by atoms with van der Waals surface area (Å²) in [4.78, 5) is 29.8. The van der Waals surface area contributed by atoms with Crippen LogP contribution in [0.2, 0.25) is 5.02 Å². The lowest BCUT2D eigenvalue weighted by molar-refractivity contribution is -0.140. The fourth-order valence-corrected chi connectivity index (χ4v) is 6.93. The molecule has 45 heavy (non-hydrogen) atoms. The highest BCUT2D eigenvalue weighted by atomic mass is 79.9. The number of aryl methyl sites for hydroxylation is 2. The third-order valence-electron chi connectivity index (χ3n) is 7.40. The molecule has 236 valence electrons. The summed E-state index contributed by atoms with van der Waals surface area (Å²) in [7, 11) is -4.20. The summed E-state index contributed by atoms with van der Waals surface area (Å²) in [5.74, 6) is -0.822. The van der Waals surface area contributed by atoms with Gasteiger partial charge >= 0.3 is 0 Å². The van der Waals surface area contributed by atoms with Gasteiger partial charge in [0.05, 0.1) is 10.6 Å². The van der Waals surface area contributed by atoms with Crippen LogP contribution in [0.3, 0.4) is 0 Å². The van der Waals surface area contributed by atoms with Crippen molar-refractivity contribution < 1.29 is 18.0 Å². The standard InChI is InChI=1S/C35H37BrClN3O4S/c1-4-20-38-35(42)33(22-27-8-6-5-7-9-27)39(23-28-12-14-29(36)15-13-28)34(41)24-40(32-19-16-30(37)21-26(32)3)45(43,44)31-17-10-25(2)11-18-31/h5-19,21,33H,4,20,22-24H2,1-3H3,(H,38,42)/t33-/m1/s1. The van der Waals surface area contributed by atoms with E-state index in [2.05, 4.69) is 21.2 Å². The van der Waals surface area contributed by atoms with Gasteiger partial charge in [-0.25, -0.2) is 8.42 Å². The van der Waals surface area contributed by atoms with Gasteiger partial charge in [0.1, 0.15) is 12.6 Å². The van der Waals surface area contributed by atoms with Gasteiger partial charge in [-0.15, -0.1) is 0 Å². The van der Waals surface area contributed by atoms with Crippen LogP contribution < -0.4 is 9.62 Å². The molecule has 1 N–H and O–H groups in total. The van der Waals surface area contributed by atoms with Gasteiger partial charge in [0.2, 0.25) is 11.8 Å². The molecule has 0 aliphatic carbocycles. The van der Waals surface area contributed by atoms with Crippen molar-refractivity contribution in [3.8, 4) is 0 Å². The predicted molar refractivity (Wildman–Crippen MR) is 184 cm³/mol. The Labute approximate surface area is 279 Å². The van der Waals surface area contributed by atoms with E-state index in [4.69, 9.17) is 11.6 Å². The Kier molecular flexibility index (Phi) is 11.8. The van der Waals surface area contributed by atoms with Gasteiger partial charge in [-0.3, -0.25) is 13.9 Å². The fraction of sp³-hybridized carbons (Fsp3) is 0.257. The number of hydrogen-bond acceptors (Lipinski definition) is 4. The van der Waals surface area contributed by atoms with E-state index in [9.17, 15) is 18.0 Å². The zero-order valence-corrected chi connectivity index (χ0v) is 28.7. The minimum absolute atomic E-state index is 0.0521. The number of carbonyl (C=O) groups is 2. The lowest BCUT2D eigenvalue weighted by Crippen LogP contribution is -2.53. The van der Waals surface area contributed by atoms with E-state index in [-0.39, 0.29) is 23.8 Å². The van der Waals surface area contributed by atoms with E-state index >= 15 is 0 Å². The normalized spacial score (nSPS) is 11.9. The first-order chi connectivity index (χ1) is 21.5. The van der Waals surface area contributed by atoms with Crippen molar-refractivity contribution in [2.45, 2.75) is 51.1 Å². The molecule has 0 aromatic heterocycles. The summed E-state index contributed by atoms with van der Waals surface area (Å²) in [5.41, 5.74) is 3.49. The molecule has 4 rings (SSSR count). The van der Waals surface area contributed by atoms with Crippen LogP contribution in [0.15, 0.2) is 106 Å². The van der Waals surface area contributed by atoms with E-state index in [0.29, 0.717) is 22.8 Å². The number of halogens is 2. The zero-order chi connectivity index (χ0) is 32.6. The average Bonchev–Trinajstić information content (AvgIpc) is 3.02. The highest BCUT2D eigenvalue weighted by molar-refractivity contribution is 9.10. The topological polar surface area (TPSA) is 86.8 Å². The van der Waals surface area contributed by atoms with Gasteiger partial charge in [0.25, 0.3) is 10.0 Å². The second kappa shape index (κ2) is 15.6. The molecule has 0 aliphatic heterocycles. The van der Waals surface area contributed by atoms with Crippen LogP contribution in [-0.2, 0) is 32.6 Å². The molecule has 0 fully saturated rings. The Balaban J connectivity index is 1.81. The first-order valence-electron chi connectivity index (χ1n) is 14.7. The SMILES string of the molecule is CCCNC(=O)[C@@H](Cc1ccccc1)N(Cc1ccc(Br)cc1)C(=O)CN(c1ccc(Cl)cc1C)S(=O)(=O)c1ccc(C)cc1. The molecule has 0 aliphatic rings. The maximum Gasteiger partial charge on any atom is 0.264 e. The maximum atomic E-state index is 14.5. The molecular weight excluding hydrogens is 674 g/mol. The fourth-order valence-electron chi connectivity index (χ4n) is 4.96. The van der Waals surface area contributed by atoms with E-state index < -0.39 is 28.5 Å². The molecular formula is C35H37BrClN3O4S. The third-order valence-corrected chi connectivity index (χ3v) is 9.94. The number of hydrogen-bond donors (Lipinski definition) is 1. The largest absolute Gasteiger partial charge is 0.354 e. The van der Waals surface area contributed by atoms with Crippen molar-refractivity contribution in [2.75, 3.05) is 17.4 Å². The quantitative estimate of drug-likeness (QED) is 0.161. The molecule has 1 atom stereocenters. The minimum Gasteiger partial charge on any atom is -0.354 e. The Morgan fingerprint density at radius 2 is 1.56 bits per heavy atom. The molecule has 0 heterocycles. The summed E-state index contributed by atoms with van der Waals surface area (Å²) < 4.78 is 30.4. The molecule has 0 saturated heterocycles. The molecule has 0 unspecified atom stereocenters. The average molecular weight is 711 g/mol. The first-order valence-corrected chi connectivity index (χ1v) is 17.3. The summed E-state index contributed by atoms with van der Waals surface area (Å²) in [5, 5.41) is 3.40. The molecule has 0 spiro atoms. The Hall–Kier alpha value is -3.66. The molecule has 0 saturated carbocycles. The van der Waals surface area contributed by atoms with Crippen LogP contribution in [0, 0.1) is 13.8 Å². The molecule has 4 aromatic rings. The number of carbonyl (C=O) groups excluding carboxylic acids is 2. The zero-order valence-electron chi connectivity index (χ0n) is 25.5. The van der Waals surface area contributed by atoms with Gasteiger partial charge < -0.3 is 10.2 Å². The van der Waals surface area contributed by atoms with Crippen molar-refractivity contribution in [2.24, 2.45) is 0 Å². The van der Waals surface area contributed by atoms with Crippen molar-refractivity contribution >= 4 is 55.1 Å². The van der Waals surface area contributed by atoms with Gasteiger partial charge in [0, 0.05) is 29.0 Å². The van der Waals surface area contributed by atoms with Gasteiger partial charge in [-0.05, 0) is 79.4 Å². The van der Waals surface area contributed by atoms with Crippen LogP contribution in [0.4, 0.5) is 5.69 Å². The number of nitrogens with one attached hydrogen (secondary N) is 1. The number of rotatable bonds is 13. The summed E-state index contributed by atoms with van der Waals surface area (Å²) in [6, 6.07) is 27.4. The number of benzene rings is 4. The van der Waals surface area contributed by atoms with E-state index in [1.165, 1.54) is 17.0 Å². The molecule has 0 bridgehead atoms. The maximum absolute atomic E-state index is 14.5. The number of nitrogens with zero attached hydrogens (tertiary/aromatic N) is 2. The van der Waals surface area contributed by atoms with Crippen LogP contribution >= 0.6 is 27.5 Å². The van der Waals surface area contributed by atoms with Crippen molar-refractivity contribution in [1.82, 2.24) is 10.2 Å². The minimum atomic E-state index is -4.20. The monoisotopic (exact) mass is 709 g/mol. The van der Waals surface area contributed by atoms with Crippen LogP contribution in [-0.4, -0.2) is 44.3 Å². The van der Waals surface area contributed by atoms with Crippen LogP contribution in [0.1, 0.15) is 35.6 Å². The second-order valence-corrected chi connectivity index (χ2v) is 14.1. The van der Waals surface area contributed by atoms with Gasteiger partial charge in [0.15, 0.2) is 0 Å². The van der Waals surface area contributed by atoms with E-state index in [0.717, 1.165) is 31.9 Å². The second-order valence-electron chi connectivity index (χ2n) is 10.9. The number of sulfonamides is 1. The number of anilines is 1. The Morgan fingerprint density at radius 1 is 0.889 bits per heavy atom. The lowest BCUT2D eigenvalue weighted by Gasteiger charge is -2.34. The van der Waals surface area contributed by atoms with E-state index in [1.807, 2.05) is 68.4 Å². The van der Waals surface area contributed by atoms with Crippen molar-refractivity contribution in [3.05, 3.63) is 129 Å². The predicted octanol–water partition coefficient (Wildman–Crippen LogP) is 7.08. The van der Waals surface area contributed by atoms with Crippen molar-refractivity contribution in [3.63, 3.8) is 0 Å². The molecule has 7 nitrogen and oxygen atoms in total. The highest BCUT2D eigenvalue weighted by Crippen LogP contribution is 2.30. The van der Waals surface area contributed by atoms with Gasteiger partial charge in [-0.2, -0.15) is 0 Å². The lowest BCUT2D eigenvalue weighted by atomic mass is 10.0. The molecule has 2 amide bonds. The Bertz CT molecular complexity index is 1720. The smallest absolute Gasteiger partial charge is 0.264 e. The summed E-state index contributed by atoms with van der Waals surface area (Å²) in [6.45, 7) is 5.60. The van der Waals surface area contributed by atoms with Crippen LogP contribution in [0.25, 0.3) is 0 Å². The third kappa shape index (κ3) is 8.96. The Morgan fingerprint density at radius 3 is 2.18 bits per heavy atom. The van der Waals surface area contributed by atoms with Crippen molar-refractivity contribution in [1.29, 1.82) is 0 Å². The molecule has 0 radical (unpaired) electrons. The summed E-state index contributed by atoms with van der Waals surface area (Å²) in [6.07, 6.45) is 0.978. The molecule has 4 aromatic carbocycles. The van der Waals surface area contributed by atoms with E-state index in [1.54, 1.807) is 37.3 Å². The van der Waals surface area contributed by atoms with Gasteiger partial charge in [-0.1, -0.05) is 94.6 Å². The first kappa shape index (κ1) is 34.2. The number of amides is 2.